The summed E-state index contributed by atoms with van der Waals surface area (Å²) in [6.45, 7) is 0.821. The third-order valence-corrected chi connectivity index (χ3v) is 3.20. The first-order valence-electron chi connectivity index (χ1n) is 6.92. The summed E-state index contributed by atoms with van der Waals surface area (Å²) in [5.41, 5.74) is 2.41. The van der Waals surface area contributed by atoms with Gasteiger partial charge in [0.05, 0.1) is 23.1 Å². The van der Waals surface area contributed by atoms with Crippen molar-refractivity contribution < 1.29 is 14.7 Å². The molecule has 0 fully saturated rings. The van der Waals surface area contributed by atoms with Crippen molar-refractivity contribution in [2.45, 2.75) is 6.42 Å². The molecule has 0 aliphatic carbocycles. The van der Waals surface area contributed by atoms with Crippen LogP contribution in [0.25, 0.3) is 11.0 Å². The van der Waals surface area contributed by atoms with Crippen LogP contribution in [0.15, 0.2) is 24.5 Å². The van der Waals surface area contributed by atoms with Crippen LogP contribution in [0, 0.1) is 0 Å². The van der Waals surface area contributed by atoms with Crippen molar-refractivity contribution in [2.75, 3.05) is 29.6 Å². The predicted molar refractivity (Wildman–Crippen MR) is 88.0 cm³/mol. The number of amides is 2. The van der Waals surface area contributed by atoms with Gasteiger partial charge in [-0.3, -0.25) is 14.8 Å². The Morgan fingerprint density at radius 2 is 2.09 bits per heavy atom. The second-order valence-corrected chi connectivity index (χ2v) is 4.88. The standard InChI is InChI=1S/C14H16ClN5O3/c15-7-11(21)20-10-8-19-9-3-1-4-16-12(9)13(10)17-5-2-6-18-14(22)23/h1,3-4,8,18H,2,5-7H2,(H,17,19)(H,20,21)(H,22,23). The van der Waals surface area contributed by atoms with Gasteiger partial charge in [-0.25, -0.2) is 4.79 Å². The van der Waals surface area contributed by atoms with Crippen molar-refractivity contribution in [3.8, 4) is 0 Å². The van der Waals surface area contributed by atoms with E-state index in [1.807, 2.05) is 6.07 Å². The van der Waals surface area contributed by atoms with Crippen molar-refractivity contribution in [1.82, 2.24) is 15.3 Å². The van der Waals surface area contributed by atoms with E-state index in [-0.39, 0.29) is 11.8 Å². The van der Waals surface area contributed by atoms with Crippen LogP contribution in [0.2, 0.25) is 0 Å². The van der Waals surface area contributed by atoms with Gasteiger partial charge in [-0.2, -0.15) is 0 Å². The number of fused-ring (bicyclic) bond motifs is 1. The summed E-state index contributed by atoms with van der Waals surface area (Å²) in [6, 6.07) is 3.58. The molecule has 0 aromatic carbocycles. The van der Waals surface area contributed by atoms with E-state index in [1.165, 1.54) is 6.20 Å². The third kappa shape index (κ3) is 4.68. The van der Waals surface area contributed by atoms with Crippen LogP contribution in [0.1, 0.15) is 6.42 Å². The molecule has 0 saturated carbocycles. The number of nitrogens with zero attached hydrogens (tertiary/aromatic N) is 2. The maximum Gasteiger partial charge on any atom is 0.404 e. The minimum Gasteiger partial charge on any atom is -0.465 e. The number of carboxylic acid groups (broad SMARTS) is 1. The lowest BCUT2D eigenvalue weighted by atomic mass is 10.2. The number of halogens is 1. The summed E-state index contributed by atoms with van der Waals surface area (Å²) in [5, 5.41) is 16.7. The number of hydrogen-bond donors (Lipinski definition) is 4. The number of aromatic nitrogens is 2. The van der Waals surface area contributed by atoms with Crippen LogP contribution >= 0.6 is 11.6 Å². The van der Waals surface area contributed by atoms with E-state index >= 15 is 0 Å². The monoisotopic (exact) mass is 337 g/mol. The average Bonchev–Trinajstić information content (AvgIpc) is 2.55. The zero-order valence-corrected chi connectivity index (χ0v) is 12.9. The highest BCUT2D eigenvalue weighted by Gasteiger charge is 2.11. The lowest BCUT2D eigenvalue weighted by Crippen LogP contribution is -2.23. The van der Waals surface area contributed by atoms with Crippen LogP contribution in [0.5, 0.6) is 0 Å². The van der Waals surface area contributed by atoms with Crippen LogP contribution in [0.4, 0.5) is 16.2 Å². The zero-order valence-electron chi connectivity index (χ0n) is 12.2. The van der Waals surface area contributed by atoms with Gasteiger partial charge in [-0.1, -0.05) is 0 Å². The zero-order chi connectivity index (χ0) is 16.7. The van der Waals surface area contributed by atoms with Crippen LogP contribution < -0.4 is 16.0 Å². The Bertz CT molecular complexity index is 710. The second kappa shape index (κ2) is 8.14. The van der Waals surface area contributed by atoms with Gasteiger partial charge < -0.3 is 21.1 Å². The number of alkyl halides is 1. The summed E-state index contributed by atoms with van der Waals surface area (Å²) in [4.78, 5) is 30.5. The van der Waals surface area contributed by atoms with Crippen LogP contribution in [0.3, 0.4) is 0 Å². The molecule has 0 saturated heterocycles. The van der Waals surface area contributed by atoms with E-state index in [2.05, 4.69) is 25.9 Å². The van der Waals surface area contributed by atoms with E-state index in [1.54, 1.807) is 12.3 Å². The lowest BCUT2D eigenvalue weighted by molar-refractivity contribution is -0.113. The minimum atomic E-state index is -1.06. The molecule has 2 aromatic heterocycles. The number of nitrogens with one attached hydrogen (secondary N) is 3. The fourth-order valence-electron chi connectivity index (χ4n) is 1.97. The number of anilines is 2. The molecular weight excluding hydrogens is 322 g/mol. The quantitative estimate of drug-likeness (QED) is 0.453. The van der Waals surface area contributed by atoms with Crippen molar-refractivity contribution >= 4 is 46.0 Å². The van der Waals surface area contributed by atoms with Gasteiger partial charge in [0, 0.05) is 19.3 Å². The highest BCUT2D eigenvalue weighted by atomic mass is 35.5. The van der Waals surface area contributed by atoms with Gasteiger partial charge in [0.1, 0.15) is 11.4 Å². The molecule has 0 spiro atoms. The SMILES string of the molecule is O=C(O)NCCCNc1c(NC(=O)CCl)cnc2cccnc12. The minimum absolute atomic E-state index is 0.164. The summed E-state index contributed by atoms with van der Waals surface area (Å²) in [7, 11) is 0. The van der Waals surface area contributed by atoms with Gasteiger partial charge in [-0.15, -0.1) is 11.6 Å². The normalized spacial score (nSPS) is 10.3. The fraction of sp³-hybridized carbons (Fsp3) is 0.286. The Morgan fingerprint density at radius 1 is 1.26 bits per heavy atom. The van der Waals surface area contributed by atoms with E-state index in [0.29, 0.717) is 41.9 Å². The molecule has 122 valence electrons. The van der Waals surface area contributed by atoms with Crippen LogP contribution in [-0.4, -0.2) is 46.0 Å². The molecule has 0 atom stereocenters. The molecule has 4 N–H and O–H groups in total. The largest absolute Gasteiger partial charge is 0.465 e. The Kier molecular flexibility index (Phi) is 5.93. The van der Waals surface area contributed by atoms with Crippen LogP contribution in [-0.2, 0) is 4.79 Å². The molecule has 2 amide bonds. The van der Waals surface area contributed by atoms with Crippen molar-refractivity contribution in [2.24, 2.45) is 0 Å². The maximum atomic E-state index is 11.5. The number of hydrogen-bond acceptors (Lipinski definition) is 5. The number of rotatable bonds is 7. The molecule has 9 heteroatoms. The van der Waals surface area contributed by atoms with Gasteiger partial charge in [0.25, 0.3) is 0 Å². The smallest absolute Gasteiger partial charge is 0.404 e. The number of pyridine rings is 2. The summed E-state index contributed by atoms with van der Waals surface area (Å²) < 4.78 is 0. The Balaban J connectivity index is 2.17. The Labute approximate surface area is 137 Å². The maximum absolute atomic E-state index is 11.5. The summed E-state index contributed by atoms with van der Waals surface area (Å²) in [6.07, 6.45) is 2.68. The highest BCUT2D eigenvalue weighted by molar-refractivity contribution is 6.29. The summed E-state index contributed by atoms with van der Waals surface area (Å²) >= 11 is 5.52. The molecule has 23 heavy (non-hydrogen) atoms. The average molecular weight is 338 g/mol. The summed E-state index contributed by atoms with van der Waals surface area (Å²) in [5.74, 6) is -0.512. The Morgan fingerprint density at radius 3 is 2.83 bits per heavy atom. The van der Waals surface area contributed by atoms with E-state index in [9.17, 15) is 9.59 Å². The topological polar surface area (TPSA) is 116 Å². The predicted octanol–water partition coefficient (Wildman–Crippen LogP) is 1.88. The molecule has 2 heterocycles. The second-order valence-electron chi connectivity index (χ2n) is 4.61. The number of carbonyl (C=O) groups is 2. The first-order chi connectivity index (χ1) is 11.1. The van der Waals surface area contributed by atoms with Gasteiger partial charge in [0.15, 0.2) is 0 Å². The first-order valence-corrected chi connectivity index (χ1v) is 7.45. The lowest BCUT2D eigenvalue weighted by Gasteiger charge is -2.14. The van der Waals surface area contributed by atoms with E-state index in [0.717, 1.165) is 0 Å². The van der Waals surface area contributed by atoms with Crippen molar-refractivity contribution in [3.05, 3.63) is 24.5 Å². The molecule has 0 unspecified atom stereocenters. The highest BCUT2D eigenvalue weighted by Crippen LogP contribution is 2.28. The Hall–Kier alpha value is -2.61. The first kappa shape index (κ1) is 16.8. The molecule has 2 aromatic rings. The molecule has 0 aliphatic heterocycles. The van der Waals surface area contributed by atoms with E-state index < -0.39 is 6.09 Å². The van der Waals surface area contributed by atoms with Gasteiger partial charge in [-0.05, 0) is 18.6 Å². The molecule has 8 nitrogen and oxygen atoms in total. The molecular formula is C14H16ClN5O3. The van der Waals surface area contributed by atoms with Gasteiger partial charge in [0.2, 0.25) is 5.91 Å². The fourth-order valence-corrected chi connectivity index (χ4v) is 2.04. The molecule has 2 rings (SSSR count). The third-order valence-electron chi connectivity index (χ3n) is 2.95. The molecule has 0 aliphatic rings. The molecule has 0 bridgehead atoms. The molecule has 0 radical (unpaired) electrons. The van der Waals surface area contributed by atoms with Crippen molar-refractivity contribution in [3.63, 3.8) is 0 Å². The van der Waals surface area contributed by atoms with E-state index in [4.69, 9.17) is 16.7 Å². The van der Waals surface area contributed by atoms with Gasteiger partial charge >= 0.3 is 6.09 Å². The number of carbonyl (C=O) groups excluding carboxylic acids is 1. The van der Waals surface area contributed by atoms with Crippen molar-refractivity contribution in [1.29, 1.82) is 0 Å².